The Morgan fingerprint density at radius 1 is 1.08 bits per heavy atom. The Kier molecular flexibility index (Phi) is 4.38. The van der Waals surface area contributed by atoms with Gasteiger partial charge in [-0.15, -0.1) is 11.8 Å². The number of carbonyl (C=O) groups excluding carboxylic acids is 2. The number of thioether (sulfide) groups is 1. The predicted molar refractivity (Wildman–Crippen MR) is 97.9 cm³/mol. The van der Waals surface area contributed by atoms with Gasteiger partial charge in [0.1, 0.15) is 6.04 Å². The predicted octanol–water partition coefficient (Wildman–Crippen LogP) is 2.86. The van der Waals surface area contributed by atoms with E-state index >= 15 is 0 Å². The van der Waals surface area contributed by atoms with Crippen LogP contribution in [0.15, 0.2) is 62.6 Å². The molecule has 2 amide bonds. The van der Waals surface area contributed by atoms with Gasteiger partial charge in [-0.1, -0.05) is 36.4 Å². The number of hydrogen-bond acceptors (Lipinski definition) is 5. The molecule has 1 aromatic heterocycles. The smallest absolute Gasteiger partial charge is 0.406 e. The Hall–Kier alpha value is -2.80. The highest BCUT2D eigenvalue weighted by Gasteiger charge is 2.31. The van der Waals surface area contributed by atoms with Crippen molar-refractivity contribution in [3.63, 3.8) is 0 Å². The molecule has 1 aliphatic heterocycles. The van der Waals surface area contributed by atoms with Gasteiger partial charge in [-0.3, -0.25) is 19.5 Å². The Morgan fingerprint density at radius 3 is 2.65 bits per heavy atom. The first kappa shape index (κ1) is 16.7. The van der Waals surface area contributed by atoms with Crippen LogP contribution in [-0.4, -0.2) is 16.4 Å². The van der Waals surface area contributed by atoms with Gasteiger partial charge < -0.3 is 4.42 Å². The minimum absolute atomic E-state index is 0.206. The fourth-order valence-electron chi connectivity index (χ4n) is 3.10. The molecular weight excluding hydrogens is 352 g/mol. The van der Waals surface area contributed by atoms with E-state index in [2.05, 4.69) is 5.32 Å². The summed E-state index contributed by atoms with van der Waals surface area (Å²) in [5.74, 6) is -0.616. The van der Waals surface area contributed by atoms with Gasteiger partial charge in [-0.2, -0.15) is 0 Å². The third-order valence-electron chi connectivity index (χ3n) is 4.36. The van der Waals surface area contributed by atoms with Crippen molar-refractivity contribution in [2.75, 3.05) is 0 Å². The first-order valence-corrected chi connectivity index (χ1v) is 9.26. The number of hydrogen-bond donors (Lipinski definition) is 1. The van der Waals surface area contributed by atoms with E-state index in [1.165, 1.54) is 10.1 Å². The highest BCUT2D eigenvalue weighted by atomic mass is 32.2. The van der Waals surface area contributed by atoms with Crippen LogP contribution in [0.1, 0.15) is 24.4 Å². The van der Waals surface area contributed by atoms with E-state index in [0.717, 1.165) is 10.6 Å². The largest absolute Gasteiger partial charge is 0.420 e. The van der Waals surface area contributed by atoms with Gasteiger partial charge in [-0.25, -0.2) is 4.79 Å². The van der Waals surface area contributed by atoms with E-state index in [-0.39, 0.29) is 12.3 Å². The standard InChI is InChI=1S/C19H16N2O4S/c22-16-10-9-14(18(23)20-16)21-13-7-4-8-15(17(13)25-19(21)24)26-11-12-5-2-1-3-6-12/h1-8,14H,9-11H2,(H,20,22,23). The maximum atomic E-state index is 12.4. The molecule has 4 rings (SSSR count). The van der Waals surface area contributed by atoms with Crippen LogP contribution < -0.4 is 11.1 Å². The third kappa shape index (κ3) is 3.06. The van der Waals surface area contributed by atoms with Gasteiger partial charge in [-0.05, 0) is 24.1 Å². The van der Waals surface area contributed by atoms with Crippen molar-refractivity contribution in [2.24, 2.45) is 0 Å². The molecule has 1 N–H and O–H groups in total. The second kappa shape index (κ2) is 6.84. The number of piperidine rings is 1. The Morgan fingerprint density at radius 2 is 1.88 bits per heavy atom. The maximum absolute atomic E-state index is 12.4. The minimum atomic E-state index is -0.726. The lowest BCUT2D eigenvalue weighted by Crippen LogP contribution is -2.43. The van der Waals surface area contributed by atoms with Crippen LogP contribution in [0.2, 0.25) is 0 Å². The molecule has 1 unspecified atom stereocenters. The van der Waals surface area contributed by atoms with Crippen molar-refractivity contribution in [2.45, 2.75) is 29.5 Å². The van der Waals surface area contributed by atoms with Crippen LogP contribution in [-0.2, 0) is 15.3 Å². The van der Waals surface area contributed by atoms with Crippen LogP contribution in [0.5, 0.6) is 0 Å². The molecule has 0 spiro atoms. The Balaban J connectivity index is 1.69. The first-order valence-electron chi connectivity index (χ1n) is 8.28. The molecule has 0 aliphatic carbocycles. The number of rotatable bonds is 4. The molecule has 6 nitrogen and oxygen atoms in total. The molecule has 2 aromatic carbocycles. The van der Waals surface area contributed by atoms with E-state index in [4.69, 9.17) is 4.42 Å². The van der Waals surface area contributed by atoms with E-state index in [1.807, 2.05) is 42.5 Å². The summed E-state index contributed by atoms with van der Waals surface area (Å²) in [7, 11) is 0. The lowest BCUT2D eigenvalue weighted by Gasteiger charge is -2.21. The fraction of sp³-hybridized carbons (Fsp3) is 0.211. The molecule has 3 aromatic rings. The lowest BCUT2D eigenvalue weighted by atomic mass is 10.1. The second-order valence-corrected chi connectivity index (χ2v) is 7.10. The van der Waals surface area contributed by atoms with Gasteiger partial charge in [0.05, 0.1) is 10.4 Å². The number of oxazole rings is 1. The lowest BCUT2D eigenvalue weighted by molar-refractivity contribution is -0.135. The minimum Gasteiger partial charge on any atom is -0.406 e. The van der Waals surface area contributed by atoms with E-state index < -0.39 is 17.7 Å². The monoisotopic (exact) mass is 368 g/mol. The maximum Gasteiger partial charge on any atom is 0.420 e. The number of fused-ring (bicyclic) bond motifs is 1. The summed E-state index contributed by atoms with van der Waals surface area (Å²) in [6.45, 7) is 0. The average Bonchev–Trinajstić information content (AvgIpc) is 2.97. The number of imide groups is 1. The van der Waals surface area contributed by atoms with Gasteiger partial charge in [0.25, 0.3) is 0 Å². The normalized spacial score (nSPS) is 17.5. The Bertz CT molecular complexity index is 1040. The molecular formula is C19H16N2O4S. The number of amides is 2. The van der Waals surface area contributed by atoms with Gasteiger partial charge in [0.15, 0.2) is 5.58 Å². The van der Waals surface area contributed by atoms with Crippen molar-refractivity contribution >= 4 is 34.7 Å². The van der Waals surface area contributed by atoms with Gasteiger partial charge in [0, 0.05) is 12.2 Å². The zero-order valence-corrected chi connectivity index (χ0v) is 14.6. The molecule has 0 radical (unpaired) electrons. The SMILES string of the molecule is O=C1CCC(n2c(=O)oc3c(SCc4ccccc4)cccc32)C(=O)N1. The summed E-state index contributed by atoms with van der Waals surface area (Å²) in [4.78, 5) is 36.8. The van der Waals surface area contributed by atoms with Crippen molar-refractivity contribution in [3.8, 4) is 0 Å². The molecule has 0 saturated carbocycles. The molecule has 1 atom stereocenters. The number of nitrogens with one attached hydrogen (secondary N) is 1. The molecule has 7 heteroatoms. The number of benzene rings is 2. The van der Waals surface area contributed by atoms with E-state index in [9.17, 15) is 14.4 Å². The van der Waals surface area contributed by atoms with Crippen LogP contribution in [0, 0.1) is 0 Å². The van der Waals surface area contributed by atoms with E-state index in [1.54, 1.807) is 17.8 Å². The second-order valence-electron chi connectivity index (χ2n) is 6.08. The van der Waals surface area contributed by atoms with Crippen LogP contribution in [0.25, 0.3) is 11.1 Å². The van der Waals surface area contributed by atoms with Crippen molar-refractivity contribution in [1.82, 2.24) is 9.88 Å². The van der Waals surface area contributed by atoms with Gasteiger partial charge >= 0.3 is 5.76 Å². The summed E-state index contributed by atoms with van der Waals surface area (Å²) in [6.07, 6.45) is 0.499. The molecule has 1 saturated heterocycles. The molecule has 26 heavy (non-hydrogen) atoms. The number of nitrogens with zero attached hydrogens (tertiary/aromatic N) is 1. The first-order chi connectivity index (χ1) is 12.6. The zero-order chi connectivity index (χ0) is 18.1. The Labute approximate surface area is 153 Å². The highest BCUT2D eigenvalue weighted by molar-refractivity contribution is 7.98. The summed E-state index contributed by atoms with van der Waals surface area (Å²) in [6, 6.07) is 14.8. The van der Waals surface area contributed by atoms with E-state index in [0.29, 0.717) is 17.5 Å². The third-order valence-corrected chi connectivity index (χ3v) is 5.47. The highest BCUT2D eigenvalue weighted by Crippen LogP contribution is 2.32. The topological polar surface area (TPSA) is 81.3 Å². The quantitative estimate of drug-likeness (QED) is 0.566. The number of aromatic nitrogens is 1. The number of para-hydroxylation sites is 1. The molecule has 1 aliphatic rings. The van der Waals surface area contributed by atoms with Gasteiger partial charge in [0.2, 0.25) is 11.8 Å². The summed E-state index contributed by atoms with van der Waals surface area (Å²) in [5, 5.41) is 2.29. The van der Waals surface area contributed by atoms with Crippen LogP contribution >= 0.6 is 11.8 Å². The van der Waals surface area contributed by atoms with Crippen LogP contribution in [0.3, 0.4) is 0 Å². The molecule has 132 valence electrons. The van der Waals surface area contributed by atoms with Crippen molar-refractivity contribution < 1.29 is 14.0 Å². The summed E-state index contributed by atoms with van der Waals surface area (Å²) >= 11 is 1.57. The summed E-state index contributed by atoms with van der Waals surface area (Å²) in [5.41, 5.74) is 2.21. The molecule has 2 heterocycles. The van der Waals surface area contributed by atoms with Crippen molar-refractivity contribution in [1.29, 1.82) is 0 Å². The fourth-order valence-corrected chi connectivity index (χ4v) is 4.07. The van der Waals surface area contributed by atoms with Crippen molar-refractivity contribution in [3.05, 3.63) is 64.6 Å². The average molecular weight is 368 g/mol. The molecule has 0 bridgehead atoms. The number of carbonyl (C=O) groups is 2. The zero-order valence-electron chi connectivity index (χ0n) is 13.8. The van der Waals surface area contributed by atoms with Crippen LogP contribution in [0.4, 0.5) is 0 Å². The summed E-state index contributed by atoms with van der Waals surface area (Å²) < 4.78 is 6.82. The molecule has 1 fully saturated rings.